The molecule has 1 aliphatic rings. The summed E-state index contributed by atoms with van der Waals surface area (Å²) < 4.78 is 17.3. The number of hydrogen-bond donors (Lipinski definition) is 1. The molecule has 0 aliphatic carbocycles. The van der Waals surface area contributed by atoms with Crippen molar-refractivity contribution in [1.29, 1.82) is 0 Å². The average Bonchev–Trinajstić information content (AvgIpc) is 3.51. The van der Waals surface area contributed by atoms with Crippen molar-refractivity contribution in [1.82, 2.24) is 19.7 Å². The second-order valence-corrected chi connectivity index (χ2v) is 8.01. The summed E-state index contributed by atoms with van der Waals surface area (Å²) >= 11 is 0. The van der Waals surface area contributed by atoms with Gasteiger partial charge in [0.1, 0.15) is 0 Å². The summed E-state index contributed by atoms with van der Waals surface area (Å²) in [5, 5.41) is 4.46. The molecule has 0 saturated heterocycles. The van der Waals surface area contributed by atoms with Crippen LogP contribution in [0.2, 0.25) is 0 Å². The maximum Gasteiger partial charge on any atom is 0.329 e. The third-order valence-corrected chi connectivity index (χ3v) is 5.82. The van der Waals surface area contributed by atoms with E-state index in [-0.39, 0.29) is 13.3 Å². The van der Waals surface area contributed by atoms with Crippen LogP contribution in [0.4, 0.5) is 0 Å². The van der Waals surface area contributed by atoms with Gasteiger partial charge in [-0.05, 0) is 48.4 Å². The molecular formula is C25H18N4O5. The van der Waals surface area contributed by atoms with Gasteiger partial charge in [0.2, 0.25) is 12.6 Å². The lowest BCUT2D eigenvalue weighted by Crippen LogP contribution is -2.35. The first-order valence-corrected chi connectivity index (χ1v) is 10.6. The van der Waals surface area contributed by atoms with Crippen LogP contribution in [0.1, 0.15) is 11.1 Å². The highest BCUT2D eigenvalue weighted by molar-refractivity contribution is 5.82. The van der Waals surface area contributed by atoms with Gasteiger partial charge in [-0.3, -0.25) is 9.36 Å². The molecule has 5 aromatic rings. The summed E-state index contributed by atoms with van der Waals surface area (Å²) in [6.07, 6.45) is 0. The van der Waals surface area contributed by atoms with Crippen molar-refractivity contribution >= 4 is 10.9 Å². The predicted molar refractivity (Wildman–Crippen MR) is 124 cm³/mol. The Labute approximate surface area is 192 Å². The van der Waals surface area contributed by atoms with Gasteiger partial charge < -0.3 is 19.0 Å². The highest BCUT2D eigenvalue weighted by Crippen LogP contribution is 2.32. The molecule has 2 aromatic heterocycles. The summed E-state index contributed by atoms with van der Waals surface area (Å²) in [7, 11) is 0. The summed E-state index contributed by atoms with van der Waals surface area (Å²) in [5.74, 6) is 2.01. The zero-order chi connectivity index (χ0) is 23.2. The summed E-state index contributed by atoms with van der Waals surface area (Å²) in [4.78, 5) is 33.1. The molecule has 0 amide bonds. The molecular weight excluding hydrogens is 436 g/mol. The van der Waals surface area contributed by atoms with E-state index in [0.29, 0.717) is 39.7 Å². The molecule has 1 aliphatic heterocycles. The van der Waals surface area contributed by atoms with E-state index in [9.17, 15) is 9.59 Å². The smallest absolute Gasteiger partial charge is 0.329 e. The molecule has 0 radical (unpaired) electrons. The number of aromatic amines is 1. The van der Waals surface area contributed by atoms with Gasteiger partial charge in [0.25, 0.3) is 11.4 Å². The van der Waals surface area contributed by atoms with Gasteiger partial charge in [-0.15, -0.1) is 0 Å². The largest absolute Gasteiger partial charge is 0.454 e. The van der Waals surface area contributed by atoms with Crippen molar-refractivity contribution in [3.05, 3.63) is 92.6 Å². The number of nitrogens with one attached hydrogen (secondary N) is 1. The topological polar surface area (TPSA) is 112 Å². The SMILES string of the molecule is Cc1ccccc1-c1noc(-c2ccc3c(=O)n(Cc4ccc5c(c4)OCO5)c(=O)[nH]c3c2)n1. The van der Waals surface area contributed by atoms with Crippen molar-refractivity contribution < 1.29 is 14.0 Å². The number of aryl methyl sites for hydroxylation is 1. The van der Waals surface area contributed by atoms with Gasteiger partial charge in [-0.1, -0.05) is 35.5 Å². The summed E-state index contributed by atoms with van der Waals surface area (Å²) in [5.41, 5.74) is 2.74. The molecule has 0 atom stereocenters. The molecule has 0 bridgehead atoms. The fourth-order valence-corrected chi connectivity index (χ4v) is 4.03. The number of nitrogens with zero attached hydrogens (tertiary/aromatic N) is 3. The molecule has 9 heteroatoms. The molecule has 168 valence electrons. The highest BCUT2D eigenvalue weighted by atomic mass is 16.7. The van der Waals surface area contributed by atoms with Gasteiger partial charge >= 0.3 is 5.69 Å². The number of H-pyrrole nitrogens is 1. The Morgan fingerprint density at radius 2 is 1.85 bits per heavy atom. The molecule has 0 fully saturated rings. The summed E-state index contributed by atoms with van der Waals surface area (Å²) in [6.45, 7) is 2.23. The second kappa shape index (κ2) is 7.73. The quantitative estimate of drug-likeness (QED) is 0.442. The number of ether oxygens (including phenoxy) is 2. The Morgan fingerprint density at radius 1 is 1.00 bits per heavy atom. The van der Waals surface area contributed by atoms with Crippen LogP contribution in [0.3, 0.4) is 0 Å². The van der Waals surface area contributed by atoms with Crippen LogP contribution < -0.4 is 20.7 Å². The van der Waals surface area contributed by atoms with Crippen LogP contribution in [0.25, 0.3) is 33.7 Å². The molecule has 1 N–H and O–H groups in total. The van der Waals surface area contributed by atoms with E-state index in [0.717, 1.165) is 21.3 Å². The first-order chi connectivity index (χ1) is 16.6. The van der Waals surface area contributed by atoms with Gasteiger partial charge in [0.15, 0.2) is 11.5 Å². The number of fused-ring (bicyclic) bond motifs is 2. The molecule has 34 heavy (non-hydrogen) atoms. The molecule has 3 heterocycles. The van der Waals surface area contributed by atoms with E-state index >= 15 is 0 Å². The van der Waals surface area contributed by atoms with E-state index in [2.05, 4.69) is 15.1 Å². The zero-order valence-electron chi connectivity index (χ0n) is 18.1. The zero-order valence-corrected chi connectivity index (χ0v) is 18.1. The third kappa shape index (κ3) is 3.34. The first-order valence-electron chi connectivity index (χ1n) is 10.6. The van der Waals surface area contributed by atoms with E-state index in [4.69, 9.17) is 14.0 Å². The minimum absolute atomic E-state index is 0.103. The van der Waals surface area contributed by atoms with Crippen LogP contribution in [0.15, 0.2) is 74.8 Å². The minimum Gasteiger partial charge on any atom is -0.454 e. The lowest BCUT2D eigenvalue weighted by Gasteiger charge is -2.08. The van der Waals surface area contributed by atoms with Gasteiger partial charge in [0, 0.05) is 11.1 Å². The van der Waals surface area contributed by atoms with Crippen molar-refractivity contribution in [2.75, 3.05) is 6.79 Å². The minimum atomic E-state index is -0.515. The second-order valence-electron chi connectivity index (χ2n) is 8.01. The standard InChI is InChI=1S/C25H18N4O5/c1-14-4-2-3-5-17(14)22-27-23(34-28-22)16-7-8-18-19(11-16)26-25(31)29(24(18)30)12-15-6-9-20-21(10-15)33-13-32-20/h2-11H,12-13H2,1H3,(H,26,31). The Morgan fingerprint density at radius 3 is 2.74 bits per heavy atom. The van der Waals surface area contributed by atoms with E-state index < -0.39 is 11.2 Å². The van der Waals surface area contributed by atoms with Crippen molar-refractivity contribution in [3.8, 4) is 34.3 Å². The van der Waals surface area contributed by atoms with Crippen LogP contribution in [0.5, 0.6) is 11.5 Å². The van der Waals surface area contributed by atoms with E-state index in [1.807, 2.05) is 31.2 Å². The lowest BCUT2D eigenvalue weighted by molar-refractivity contribution is 0.174. The first kappa shape index (κ1) is 20.0. The van der Waals surface area contributed by atoms with Gasteiger partial charge in [-0.25, -0.2) is 4.79 Å². The Bertz CT molecular complexity index is 1680. The number of hydrogen-bond acceptors (Lipinski definition) is 7. The monoisotopic (exact) mass is 454 g/mol. The van der Waals surface area contributed by atoms with Crippen LogP contribution in [-0.2, 0) is 6.54 Å². The lowest BCUT2D eigenvalue weighted by atomic mass is 10.1. The van der Waals surface area contributed by atoms with E-state index in [1.165, 1.54) is 0 Å². The molecule has 0 spiro atoms. The number of rotatable bonds is 4. The maximum atomic E-state index is 13.1. The van der Waals surface area contributed by atoms with Gasteiger partial charge in [-0.2, -0.15) is 4.98 Å². The predicted octanol–water partition coefficient (Wildman–Crippen LogP) is 3.49. The Balaban J connectivity index is 1.36. The van der Waals surface area contributed by atoms with Crippen molar-refractivity contribution in [3.63, 3.8) is 0 Å². The fraction of sp³-hybridized carbons (Fsp3) is 0.120. The molecule has 6 rings (SSSR count). The number of benzene rings is 3. The van der Waals surface area contributed by atoms with E-state index in [1.54, 1.807) is 36.4 Å². The maximum absolute atomic E-state index is 13.1. The van der Waals surface area contributed by atoms with Gasteiger partial charge in [0.05, 0.1) is 17.4 Å². The number of aromatic nitrogens is 4. The summed E-state index contributed by atoms with van der Waals surface area (Å²) in [6, 6.07) is 18.1. The van der Waals surface area contributed by atoms with Crippen LogP contribution >= 0.6 is 0 Å². The normalized spacial score (nSPS) is 12.4. The molecule has 3 aromatic carbocycles. The molecule has 9 nitrogen and oxygen atoms in total. The molecule has 0 unspecified atom stereocenters. The Hall–Kier alpha value is -4.66. The average molecular weight is 454 g/mol. The fourth-order valence-electron chi connectivity index (χ4n) is 4.03. The molecule has 0 saturated carbocycles. The Kier molecular flexibility index (Phi) is 4.54. The van der Waals surface area contributed by atoms with Crippen LogP contribution in [-0.4, -0.2) is 26.5 Å². The highest BCUT2D eigenvalue weighted by Gasteiger charge is 2.16. The van der Waals surface area contributed by atoms with Crippen molar-refractivity contribution in [2.45, 2.75) is 13.5 Å². The third-order valence-electron chi connectivity index (χ3n) is 5.82. The van der Waals surface area contributed by atoms with Crippen LogP contribution in [0, 0.1) is 6.92 Å². The van der Waals surface area contributed by atoms with Crippen molar-refractivity contribution in [2.24, 2.45) is 0 Å².